The summed E-state index contributed by atoms with van der Waals surface area (Å²) >= 11 is 0. The second-order valence-electron chi connectivity index (χ2n) is 4.48. The summed E-state index contributed by atoms with van der Waals surface area (Å²) < 4.78 is 1.83. The topological polar surface area (TPSA) is 42.7 Å². The van der Waals surface area contributed by atoms with Crippen molar-refractivity contribution in [3.63, 3.8) is 0 Å². The molecule has 0 atom stereocenters. The first-order valence-electron chi connectivity index (χ1n) is 6.45. The maximum atomic E-state index is 3.94. The molecule has 0 spiro atoms. The van der Waals surface area contributed by atoms with Crippen LogP contribution < -0.4 is 5.32 Å². The third-order valence-corrected chi connectivity index (χ3v) is 3.19. The Morgan fingerprint density at radius 3 is 2.84 bits per heavy atom. The number of rotatable bonds is 5. The Hall–Kier alpha value is -2.20. The van der Waals surface area contributed by atoms with E-state index in [-0.39, 0.29) is 0 Å². The van der Waals surface area contributed by atoms with Gasteiger partial charge in [0.25, 0.3) is 0 Å². The monoisotopic (exact) mass is 252 g/mol. The lowest BCUT2D eigenvalue weighted by molar-refractivity contribution is 0.541. The highest BCUT2D eigenvalue weighted by molar-refractivity contribution is 5.85. The molecule has 96 valence electrons. The van der Waals surface area contributed by atoms with Crippen molar-refractivity contribution in [2.75, 3.05) is 6.54 Å². The van der Waals surface area contributed by atoms with Gasteiger partial charge in [0, 0.05) is 19.3 Å². The Balaban J connectivity index is 1.62. The van der Waals surface area contributed by atoms with Gasteiger partial charge in [0.05, 0.1) is 12.7 Å². The summed E-state index contributed by atoms with van der Waals surface area (Å²) in [6.07, 6.45) is 3.57. The van der Waals surface area contributed by atoms with Crippen LogP contribution in [0.4, 0.5) is 0 Å². The van der Waals surface area contributed by atoms with Gasteiger partial charge in [-0.15, -0.1) is 5.10 Å². The first-order valence-corrected chi connectivity index (χ1v) is 6.45. The van der Waals surface area contributed by atoms with Crippen molar-refractivity contribution in [3.8, 4) is 0 Å². The van der Waals surface area contributed by atoms with Crippen LogP contribution >= 0.6 is 0 Å². The Morgan fingerprint density at radius 2 is 1.95 bits per heavy atom. The van der Waals surface area contributed by atoms with Gasteiger partial charge >= 0.3 is 0 Å². The third-order valence-electron chi connectivity index (χ3n) is 3.19. The van der Waals surface area contributed by atoms with Crippen molar-refractivity contribution in [2.45, 2.75) is 13.1 Å². The molecule has 19 heavy (non-hydrogen) atoms. The predicted molar refractivity (Wildman–Crippen MR) is 75.7 cm³/mol. The summed E-state index contributed by atoms with van der Waals surface area (Å²) in [6, 6.07) is 14.9. The maximum absolute atomic E-state index is 3.94. The lowest BCUT2D eigenvalue weighted by Gasteiger charge is -2.08. The molecule has 3 rings (SSSR count). The van der Waals surface area contributed by atoms with Gasteiger partial charge in [0.15, 0.2) is 0 Å². The van der Waals surface area contributed by atoms with Crippen LogP contribution in [0.15, 0.2) is 54.9 Å². The quantitative estimate of drug-likeness (QED) is 0.708. The molecule has 0 amide bonds. The molecule has 0 aliphatic carbocycles. The van der Waals surface area contributed by atoms with Gasteiger partial charge < -0.3 is 5.32 Å². The highest BCUT2D eigenvalue weighted by atomic mass is 15.4. The molecule has 0 bridgehead atoms. The van der Waals surface area contributed by atoms with Crippen LogP contribution in [-0.4, -0.2) is 21.5 Å². The van der Waals surface area contributed by atoms with E-state index in [4.69, 9.17) is 0 Å². The molecule has 2 aromatic carbocycles. The highest BCUT2D eigenvalue weighted by Crippen LogP contribution is 2.17. The number of benzene rings is 2. The van der Waals surface area contributed by atoms with Crippen LogP contribution in [0.3, 0.4) is 0 Å². The largest absolute Gasteiger partial charge is 0.311 e. The van der Waals surface area contributed by atoms with Crippen molar-refractivity contribution < 1.29 is 0 Å². The minimum absolute atomic E-state index is 0.838. The van der Waals surface area contributed by atoms with Crippen molar-refractivity contribution >= 4 is 10.8 Å². The van der Waals surface area contributed by atoms with Crippen LogP contribution in [0.2, 0.25) is 0 Å². The van der Waals surface area contributed by atoms with E-state index in [0.29, 0.717) is 0 Å². The molecule has 1 heterocycles. The standard InChI is InChI=1S/C15H16N4/c1-2-7-15-13(4-1)5-3-6-14(15)12-16-8-10-19-11-9-17-18-19/h1-7,9,11,16H,8,10,12H2. The smallest absolute Gasteiger partial charge is 0.0692 e. The Kier molecular flexibility index (Phi) is 3.51. The van der Waals surface area contributed by atoms with Crippen LogP contribution in [0, 0.1) is 0 Å². The summed E-state index contributed by atoms with van der Waals surface area (Å²) in [5.74, 6) is 0. The van der Waals surface area contributed by atoms with Gasteiger partial charge in [-0.3, -0.25) is 4.68 Å². The van der Waals surface area contributed by atoms with Crippen molar-refractivity contribution in [3.05, 3.63) is 60.4 Å². The minimum Gasteiger partial charge on any atom is -0.311 e. The molecular formula is C15H16N4. The molecule has 0 fully saturated rings. The summed E-state index contributed by atoms with van der Waals surface area (Å²) in [5, 5.41) is 13.8. The summed E-state index contributed by atoms with van der Waals surface area (Å²) in [7, 11) is 0. The van der Waals surface area contributed by atoms with E-state index in [2.05, 4.69) is 58.1 Å². The lowest BCUT2D eigenvalue weighted by atomic mass is 10.0. The third kappa shape index (κ3) is 2.80. The Morgan fingerprint density at radius 1 is 1.05 bits per heavy atom. The van der Waals surface area contributed by atoms with E-state index in [1.165, 1.54) is 16.3 Å². The highest BCUT2D eigenvalue weighted by Gasteiger charge is 1.99. The fourth-order valence-corrected chi connectivity index (χ4v) is 2.22. The van der Waals surface area contributed by atoms with Gasteiger partial charge in [-0.25, -0.2) is 0 Å². The minimum atomic E-state index is 0.838. The lowest BCUT2D eigenvalue weighted by Crippen LogP contribution is -2.19. The van der Waals surface area contributed by atoms with Crippen molar-refractivity contribution in [1.82, 2.24) is 20.3 Å². The van der Waals surface area contributed by atoms with Crippen molar-refractivity contribution in [2.24, 2.45) is 0 Å². The van der Waals surface area contributed by atoms with E-state index in [1.807, 2.05) is 10.9 Å². The molecule has 0 aliphatic rings. The molecule has 0 aliphatic heterocycles. The zero-order valence-electron chi connectivity index (χ0n) is 10.7. The molecule has 1 N–H and O–H groups in total. The van der Waals surface area contributed by atoms with E-state index in [1.54, 1.807) is 6.20 Å². The normalized spacial score (nSPS) is 10.9. The van der Waals surface area contributed by atoms with E-state index >= 15 is 0 Å². The molecular weight excluding hydrogens is 236 g/mol. The second-order valence-corrected chi connectivity index (χ2v) is 4.48. The van der Waals surface area contributed by atoms with Crippen LogP contribution in [0.5, 0.6) is 0 Å². The average Bonchev–Trinajstić information content (AvgIpc) is 2.97. The number of hydrogen-bond acceptors (Lipinski definition) is 3. The van der Waals surface area contributed by atoms with Gasteiger partial charge in [0.2, 0.25) is 0 Å². The van der Waals surface area contributed by atoms with E-state index in [9.17, 15) is 0 Å². The summed E-state index contributed by atoms with van der Waals surface area (Å²) in [5.41, 5.74) is 1.33. The molecule has 1 aromatic heterocycles. The molecule has 0 saturated carbocycles. The zero-order valence-corrected chi connectivity index (χ0v) is 10.7. The number of aromatic nitrogens is 3. The first-order chi connectivity index (χ1) is 9.43. The zero-order chi connectivity index (χ0) is 12.9. The van der Waals surface area contributed by atoms with Crippen LogP contribution in [0.1, 0.15) is 5.56 Å². The van der Waals surface area contributed by atoms with Gasteiger partial charge in [-0.1, -0.05) is 47.7 Å². The Bertz CT molecular complexity index is 641. The summed E-state index contributed by atoms with van der Waals surface area (Å²) in [6.45, 7) is 2.59. The number of nitrogens with one attached hydrogen (secondary N) is 1. The molecule has 4 heteroatoms. The van der Waals surface area contributed by atoms with Gasteiger partial charge in [0.1, 0.15) is 0 Å². The SMILES string of the molecule is c1ccc2c(CNCCn3ccnn3)cccc2c1. The number of fused-ring (bicyclic) bond motifs is 1. The van der Waals surface area contributed by atoms with Crippen LogP contribution in [-0.2, 0) is 13.1 Å². The first kappa shape index (κ1) is 11.9. The van der Waals surface area contributed by atoms with E-state index in [0.717, 1.165) is 19.6 Å². The number of nitrogens with zero attached hydrogens (tertiary/aromatic N) is 3. The second kappa shape index (κ2) is 5.63. The molecule has 4 nitrogen and oxygen atoms in total. The Labute approximate surface area is 112 Å². The number of hydrogen-bond donors (Lipinski definition) is 1. The van der Waals surface area contributed by atoms with Crippen molar-refractivity contribution in [1.29, 1.82) is 0 Å². The fraction of sp³-hybridized carbons (Fsp3) is 0.200. The molecule has 0 saturated heterocycles. The molecule has 3 aromatic rings. The van der Waals surface area contributed by atoms with Gasteiger partial charge in [-0.05, 0) is 16.3 Å². The maximum Gasteiger partial charge on any atom is 0.0692 e. The predicted octanol–water partition coefficient (Wildman–Crippen LogP) is 2.22. The van der Waals surface area contributed by atoms with E-state index < -0.39 is 0 Å². The van der Waals surface area contributed by atoms with Crippen LogP contribution in [0.25, 0.3) is 10.8 Å². The fourth-order valence-electron chi connectivity index (χ4n) is 2.22. The molecule has 0 radical (unpaired) electrons. The summed E-state index contributed by atoms with van der Waals surface area (Å²) in [4.78, 5) is 0. The van der Waals surface area contributed by atoms with Gasteiger partial charge in [-0.2, -0.15) is 0 Å². The molecule has 0 unspecified atom stereocenters. The average molecular weight is 252 g/mol.